The van der Waals surface area contributed by atoms with Gasteiger partial charge in [0.25, 0.3) is 0 Å². The molecule has 0 atom stereocenters. The highest BCUT2D eigenvalue weighted by molar-refractivity contribution is 7.92. The van der Waals surface area contributed by atoms with Crippen LogP contribution in [0.25, 0.3) is 33.4 Å². The topological polar surface area (TPSA) is 136 Å². The van der Waals surface area contributed by atoms with Crippen LogP contribution < -0.4 is 20.3 Å². The largest absolute Gasteiger partial charge is 0.384 e. The Morgan fingerprint density at radius 2 is 1.66 bits per heavy atom. The Morgan fingerprint density at radius 1 is 0.932 bits per heavy atom. The first-order valence-electron chi connectivity index (χ1n) is 14.4. The first kappa shape index (κ1) is 29.9. The number of sulfonamides is 1. The average molecular weight is 626 g/mol. The van der Waals surface area contributed by atoms with Crippen molar-refractivity contribution >= 4 is 43.9 Å². The molecule has 4 aromatic rings. The number of halogens is 2. The van der Waals surface area contributed by atoms with Gasteiger partial charge in [-0.05, 0) is 42.3 Å². The van der Waals surface area contributed by atoms with Crippen LogP contribution in [0.15, 0.2) is 48.7 Å². The molecule has 2 aromatic heterocycles. The van der Waals surface area contributed by atoms with Crippen molar-refractivity contribution in [3.63, 3.8) is 0 Å². The number of aromatic nitrogens is 3. The lowest BCUT2D eigenvalue weighted by molar-refractivity contribution is 0.122. The van der Waals surface area contributed by atoms with E-state index in [0.717, 1.165) is 5.69 Å². The Morgan fingerprint density at radius 3 is 2.34 bits per heavy atom. The average Bonchev–Trinajstić information content (AvgIpc) is 3.05. The summed E-state index contributed by atoms with van der Waals surface area (Å²) in [6.07, 6.45) is 1.46. The van der Waals surface area contributed by atoms with Gasteiger partial charge in [0.1, 0.15) is 11.6 Å². The van der Waals surface area contributed by atoms with E-state index >= 15 is 4.39 Å². The number of rotatable bonds is 9. The van der Waals surface area contributed by atoms with E-state index < -0.39 is 28.3 Å². The maximum absolute atomic E-state index is 16.0. The predicted molar refractivity (Wildman–Crippen MR) is 167 cm³/mol. The number of nitrogen functional groups attached to an aromatic ring is 1. The molecule has 44 heavy (non-hydrogen) atoms. The minimum Gasteiger partial charge on any atom is -0.384 e. The van der Waals surface area contributed by atoms with Crippen molar-refractivity contribution in [2.45, 2.75) is 6.42 Å². The molecule has 4 heterocycles. The number of hydrogen-bond acceptors (Lipinski definition) is 10. The van der Waals surface area contributed by atoms with E-state index in [-0.39, 0.29) is 17.7 Å². The van der Waals surface area contributed by atoms with Gasteiger partial charge in [0.05, 0.1) is 55.7 Å². The van der Waals surface area contributed by atoms with Crippen molar-refractivity contribution < 1.29 is 26.7 Å². The second-order valence-electron chi connectivity index (χ2n) is 10.6. The molecule has 0 bridgehead atoms. The van der Waals surface area contributed by atoms with E-state index in [0.29, 0.717) is 92.1 Å². The fraction of sp³-hybridized carbons (Fsp3) is 0.367. The molecule has 14 heteroatoms. The standard InChI is InChI=1S/C30H33F2N7O4S/c31-7-2-16-44(40,41)37-24-4-1-3-22(27(24)32)21-17-23-28(25(18-21)38-8-12-42-13-9-38)35-29(20-5-6-26(33)34-19-20)36-30(23)39-10-14-43-15-11-39/h1,3-6,17-19,37H,2,7-16H2,(H2,33,34). The molecule has 0 saturated carbocycles. The molecule has 2 aliphatic heterocycles. The number of benzene rings is 2. The lowest BCUT2D eigenvalue weighted by Crippen LogP contribution is -2.37. The van der Waals surface area contributed by atoms with E-state index in [2.05, 4.69) is 19.5 Å². The second-order valence-corrected chi connectivity index (χ2v) is 12.4. The molecule has 3 N–H and O–H groups in total. The summed E-state index contributed by atoms with van der Waals surface area (Å²) < 4.78 is 67.1. The molecule has 0 aliphatic carbocycles. The Bertz CT molecular complexity index is 1750. The number of pyridine rings is 1. The third-order valence-electron chi connectivity index (χ3n) is 7.59. The van der Waals surface area contributed by atoms with Gasteiger partial charge in [-0.25, -0.2) is 27.8 Å². The van der Waals surface area contributed by atoms with E-state index in [9.17, 15) is 12.8 Å². The molecule has 0 spiro atoms. The van der Waals surface area contributed by atoms with Crippen LogP contribution in [-0.2, 0) is 19.5 Å². The van der Waals surface area contributed by atoms with Gasteiger partial charge >= 0.3 is 0 Å². The summed E-state index contributed by atoms with van der Waals surface area (Å²) in [6, 6.07) is 11.8. The molecule has 232 valence electrons. The Hall–Kier alpha value is -4.14. The van der Waals surface area contributed by atoms with Gasteiger partial charge < -0.3 is 25.0 Å². The number of fused-ring (bicyclic) bond motifs is 1. The highest BCUT2D eigenvalue weighted by Gasteiger charge is 2.25. The zero-order valence-corrected chi connectivity index (χ0v) is 24.8. The number of alkyl halides is 1. The number of nitrogens with zero attached hydrogens (tertiary/aromatic N) is 5. The van der Waals surface area contributed by atoms with E-state index in [1.165, 1.54) is 6.07 Å². The zero-order chi connectivity index (χ0) is 30.7. The van der Waals surface area contributed by atoms with Crippen LogP contribution in [0.2, 0.25) is 0 Å². The lowest BCUT2D eigenvalue weighted by Gasteiger charge is -2.32. The monoisotopic (exact) mass is 625 g/mol. The maximum Gasteiger partial charge on any atom is 0.232 e. The Balaban J connectivity index is 1.55. The molecule has 2 saturated heterocycles. The minimum atomic E-state index is -3.94. The third kappa shape index (κ3) is 6.37. The molecule has 0 amide bonds. The highest BCUT2D eigenvalue weighted by Crippen LogP contribution is 2.39. The van der Waals surface area contributed by atoms with Crippen LogP contribution in [-0.4, -0.2) is 88.4 Å². The molecule has 6 rings (SSSR count). The van der Waals surface area contributed by atoms with Gasteiger partial charge in [-0.2, -0.15) is 0 Å². The summed E-state index contributed by atoms with van der Waals surface area (Å²) in [7, 11) is -3.94. The number of nitrogens with two attached hydrogens (primary N) is 1. The van der Waals surface area contributed by atoms with Crippen molar-refractivity contribution in [2.24, 2.45) is 0 Å². The highest BCUT2D eigenvalue weighted by atomic mass is 32.2. The molecule has 11 nitrogen and oxygen atoms in total. The molecule has 2 aromatic carbocycles. The van der Waals surface area contributed by atoms with Gasteiger partial charge in [-0.15, -0.1) is 0 Å². The number of hydrogen-bond donors (Lipinski definition) is 2. The lowest BCUT2D eigenvalue weighted by atomic mass is 9.99. The van der Waals surface area contributed by atoms with Crippen LogP contribution in [0.3, 0.4) is 0 Å². The Kier molecular flexibility index (Phi) is 8.73. The Labute approximate surface area is 254 Å². The third-order valence-corrected chi connectivity index (χ3v) is 8.95. The van der Waals surface area contributed by atoms with Crippen LogP contribution >= 0.6 is 0 Å². The molecular weight excluding hydrogens is 592 g/mol. The van der Waals surface area contributed by atoms with Crippen LogP contribution in [0.4, 0.5) is 31.8 Å². The normalized spacial score (nSPS) is 16.0. The summed E-state index contributed by atoms with van der Waals surface area (Å²) in [6.45, 7) is 3.73. The second kappa shape index (κ2) is 12.8. The number of ether oxygens (including phenoxy) is 2. The summed E-state index contributed by atoms with van der Waals surface area (Å²) in [5.74, 6) is 0.350. The fourth-order valence-electron chi connectivity index (χ4n) is 5.38. The van der Waals surface area contributed by atoms with Gasteiger partial charge in [0.15, 0.2) is 11.6 Å². The van der Waals surface area contributed by atoms with Gasteiger partial charge in [-0.3, -0.25) is 9.11 Å². The smallest absolute Gasteiger partial charge is 0.232 e. The SMILES string of the molecule is Nc1ccc(-c2nc(N3CCOCC3)c3cc(-c4cccc(NS(=O)(=O)CCCF)c4F)cc(N4CCOCC4)c3n2)cn1. The zero-order valence-electron chi connectivity index (χ0n) is 24.0. The molecule has 2 fully saturated rings. The quantitative estimate of drug-likeness (QED) is 0.282. The predicted octanol–water partition coefficient (Wildman–Crippen LogP) is 3.85. The van der Waals surface area contributed by atoms with Crippen LogP contribution in [0, 0.1) is 5.82 Å². The number of morpholine rings is 2. The van der Waals surface area contributed by atoms with Crippen molar-refractivity contribution in [3.05, 3.63) is 54.5 Å². The van der Waals surface area contributed by atoms with Crippen molar-refractivity contribution in [3.8, 4) is 22.5 Å². The summed E-state index contributed by atoms with van der Waals surface area (Å²) in [5.41, 5.74) is 8.52. The van der Waals surface area contributed by atoms with Gasteiger partial charge in [-0.1, -0.05) is 12.1 Å². The molecule has 2 aliphatic rings. The van der Waals surface area contributed by atoms with Gasteiger partial charge in [0, 0.05) is 48.9 Å². The molecular formula is C30H33F2N7O4S. The maximum atomic E-state index is 16.0. The minimum absolute atomic E-state index is 0.178. The number of nitrogens with one attached hydrogen (secondary N) is 1. The fourth-order valence-corrected chi connectivity index (χ4v) is 6.46. The first-order valence-corrected chi connectivity index (χ1v) is 16.1. The van der Waals surface area contributed by atoms with E-state index in [1.54, 1.807) is 24.4 Å². The van der Waals surface area contributed by atoms with Crippen molar-refractivity contribution in [1.29, 1.82) is 0 Å². The first-order chi connectivity index (χ1) is 21.3. The van der Waals surface area contributed by atoms with Crippen molar-refractivity contribution in [2.75, 3.05) is 85.3 Å². The van der Waals surface area contributed by atoms with Crippen LogP contribution in [0.5, 0.6) is 0 Å². The van der Waals surface area contributed by atoms with Gasteiger partial charge in [0.2, 0.25) is 10.0 Å². The number of anilines is 4. The van der Waals surface area contributed by atoms with Crippen LogP contribution in [0.1, 0.15) is 6.42 Å². The van der Waals surface area contributed by atoms with E-state index in [1.807, 2.05) is 18.2 Å². The van der Waals surface area contributed by atoms with E-state index in [4.69, 9.17) is 25.2 Å². The summed E-state index contributed by atoms with van der Waals surface area (Å²) in [5, 5.41) is 0.714. The summed E-state index contributed by atoms with van der Waals surface area (Å²) in [4.78, 5) is 18.5. The van der Waals surface area contributed by atoms with Crippen molar-refractivity contribution in [1.82, 2.24) is 15.0 Å². The molecule has 0 unspecified atom stereocenters. The molecule has 0 radical (unpaired) electrons. The summed E-state index contributed by atoms with van der Waals surface area (Å²) >= 11 is 0.